The lowest BCUT2D eigenvalue weighted by Gasteiger charge is -2.19. The number of nitrogens with zero attached hydrogens (tertiary/aromatic N) is 2. The van der Waals surface area contributed by atoms with Gasteiger partial charge in [0.1, 0.15) is 0 Å². The fraction of sp³-hybridized carbons (Fsp3) is 0.533. The minimum Gasteiger partial charge on any atom is -0.493 e. The van der Waals surface area contributed by atoms with Gasteiger partial charge in [0.05, 0.1) is 14.2 Å². The van der Waals surface area contributed by atoms with E-state index in [1.165, 1.54) is 0 Å². The van der Waals surface area contributed by atoms with Crippen LogP contribution in [0, 0.1) is 0 Å². The number of methoxy groups -OCH3 is 2. The summed E-state index contributed by atoms with van der Waals surface area (Å²) in [7, 11) is 3.27. The minimum absolute atomic E-state index is 0.607. The van der Waals surface area contributed by atoms with E-state index in [-0.39, 0.29) is 0 Å². The molecule has 0 saturated heterocycles. The predicted octanol–water partition coefficient (Wildman–Crippen LogP) is 1.90. The third-order valence-electron chi connectivity index (χ3n) is 3.21. The van der Waals surface area contributed by atoms with Gasteiger partial charge in [-0.1, -0.05) is 6.07 Å². The summed E-state index contributed by atoms with van der Waals surface area (Å²) in [6.07, 6.45) is 0.822. The molecule has 112 valence electrons. The molecule has 5 nitrogen and oxygen atoms in total. The average molecular weight is 279 g/mol. The minimum atomic E-state index is 0.607. The first kappa shape index (κ1) is 16.1. The van der Waals surface area contributed by atoms with E-state index < -0.39 is 0 Å². The average Bonchev–Trinajstić information content (AvgIpc) is 2.48. The molecule has 0 aromatic heterocycles. The van der Waals surface area contributed by atoms with Crippen molar-refractivity contribution >= 4 is 5.96 Å². The van der Waals surface area contributed by atoms with Gasteiger partial charge in [0.2, 0.25) is 0 Å². The van der Waals surface area contributed by atoms with Crippen LogP contribution < -0.4 is 15.2 Å². The zero-order valence-electron chi connectivity index (χ0n) is 12.8. The van der Waals surface area contributed by atoms with E-state index in [9.17, 15) is 0 Å². The Bertz CT molecular complexity index is 443. The molecule has 0 heterocycles. The molecule has 1 rings (SSSR count). The topological polar surface area (TPSA) is 60.1 Å². The highest BCUT2D eigenvalue weighted by Gasteiger charge is 2.05. The summed E-state index contributed by atoms with van der Waals surface area (Å²) in [6, 6.07) is 5.90. The largest absolute Gasteiger partial charge is 0.493 e. The lowest BCUT2D eigenvalue weighted by Crippen LogP contribution is -2.37. The molecule has 20 heavy (non-hydrogen) atoms. The Morgan fingerprint density at radius 1 is 1.15 bits per heavy atom. The molecule has 0 aliphatic rings. The molecule has 0 bridgehead atoms. The Hall–Kier alpha value is -1.91. The second-order valence-corrected chi connectivity index (χ2v) is 4.35. The number of rotatable bonds is 7. The van der Waals surface area contributed by atoms with Crippen molar-refractivity contribution in [2.45, 2.75) is 20.3 Å². The van der Waals surface area contributed by atoms with Gasteiger partial charge < -0.3 is 20.1 Å². The Morgan fingerprint density at radius 3 is 2.35 bits per heavy atom. The van der Waals surface area contributed by atoms with E-state index in [1.54, 1.807) is 14.2 Å². The highest BCUT2D eigenvalue weighted by Crippen LogP contribution is 2.27. The molecular weight excluding hydrogens is 254 g/mol. The van der Waals surface area contributed by atoms with Gasteiger partial charge in [0.15, 0.2) is 17.5 Å². The van der Waals surface area contributed by atoms with Crippen LogP contribution in [0.3, 0.4) is 0 Å². The molecule has 1 aromatic carbocycles. The van der Waals surface area contributed by atoms with Gasteiger partial charge >= 0.3 is 0 Å². The Morgan fingerprint density at radius 2 is 1.80 bits per heavy atom. The summed E-state index contributed by atoms with van der Waals surface area (Å²) in [5.74, 6) is 2.09. The van der Waals surface area contributed by atoms with Gasteiger partial charge in [-0.25, -0.2) is 0 Å². The van der Waals surface area contributed by atoms with E-state index in [4.69, 9.17) is 15.2 Å². The summed E-state index contributed by atoms with van der Waals surface area (Å²) in [5.41, 5.74) is 7.09. The first-order valence-electron chi connectivity index (χ1n) is 6.92. The van der Waals surface area contributed by atoms with Crippen molar-refractivity contribution in [1.29, 1.82) is 0 Å². The number of guanidine groups is 1. The normalized spacial score (nSPS) is 11.3. The predicted molar refractivity (Wildman–Crippen MR) is 82.7 cm³/mol. The summed E-state index contributed by atoms with van der Waals surface area (Å²) in [4.78, 5) is 6.44. The lowest BCUT2D eigenvalue weighted by atomic mass is 10.1. The van der Waals surface area contributed by atoms with Gasteiger partial charge in [-0.3, -0.25) is 4.99 Å². The smallest absolute Gasteiger partial charge is 0.191 e. The molecule has 0 unspecified atom stereocenters. The molecule has 0 aliphatic heterocycles. The number of aliphatic imine (C=N–C) groups is 1. The maximum Gasteiger partial charge on any atom is 0.191 e. The van der Waals surface area contributed by atoms with Crippen LogP contribution in [0.1, 0.15) is 19.4 Å². The molecule has 1 aromatic rings. The van der Waals surface area contributed by atoms with Crippen LogP contribution in [0.2, 0.25) is 0 Å². The van der Waals surface area contributed by atoms with Crippen molar-refractivity contribution in [2.24, 2.45) is 10.7 Å². The third kappa shape index (κ3) is 4.33. The molecule has 2 N–H and O–H groups in total. The number of nitrogens with two attached hydrogens (primary N) is 1. The van der Waals surface area contributed by atoms with Crippen LogP contribution in [-0.4, -0.2) is 44.7 Å². The molecule has 0 amide bonds. The standard InChI is InChI=1S/C15H25N3O2/c1-5-18(6-2)15(16)17-10-9-12-7-8-13(19-3)14(11-12)20-4/h7-8,11H,5-6,9-10H2,1-4H3,(H2,16,17). The second kappa shape index (κ2) is 8.30. The Balaban J connectivity index is 2.64. The molecule has 5 heteroatoms. The highest BCUT2D eigenvalue weighted by molar-refractivity contribution is 5.77. The van der Waals surface area contributed by atoms with Crippen LogP contribution in [0.15, 0.2) is 23.2 Å². The fourth-order valence-corrected chi connectivity index (χ4v) is 1.98. The van der Waals surface area contributed by atoms with Gasteiger partial charge in [-0.05, 0) is 38.0 Å². The third-order valence-corrected chi connectivity index (χ3v) is 3.21. The first-order chi connectivity index (χ1) is 9.65. The summed E-state index contributed by atoms with van der Waals surface area (Å²) < 4.78 is 10.5. The van der Waals surface area contributed by atoms with Crippen molar-refractivity contribution in [3.8, 4) is 11.5 Å². The Labute approximate surface area is 121 Å². The highest BCUT2D eigenvalue weighted by atomic mass is 16.5. The molecular formula is C15H25N3O2. The molecule has 0 saturated carbocycles. The summed E-state index contributed by atoms with van der Waals surface area (Å²) in [5, 5.41) is 0. The SMILES string of the molecule is CCN(CC)C(N)=NCCc1ccc(OC)c(OC)c1. The van der Waals surface area contributed by atoms with Crippen molar-refractivity contribution in [3.63, 3.8) is 0 Å². The molecule has 0 atom stereocenters. The van der Waals surface area contributed by atoms with Crippen molar-refractivity contribution < 1.29 is 9.47 Å². The van der Waals surface area contributed by atoms with Crippen LogP contribution in [0.5, 0.6) is 11.5 Å². The first-order valence-corrected chi connectivity index (χ1v) is 6.92. The van der Waals surface area contributed by atoms with Crippen molar-refractivity contribution in [1.82, 2.24) is 4.90 Å². The lowest BCUT2D eigenvalue weighted by molar-refractivity contribution is 0.354. The summed E-state index contributed by atoms with van der Waals surface area (Å²) in [6.45, 7) is 6.56. The molecule has 0 radical (unpaired) electrons. The number of hydrogen-bond acceptors (Lipinski definition) is 3. The van der Waals surface area contributed by atoms with E-state index in [2.05, 4.69) is 18.8 Å². The van der Waals surface area contributed by atoms with Crippen LogP contribution in [0.4, 0.5) is 0 Å². The second-order valence-electron chi connectivity index (χ2n) is 4.35. The van der Waals surface area contributed by atoms with Gasteiger partial charge in [-0.2, -0.15) is 0 Å². The number of benzene rings is 1. The van der Waals surface area contributed by atoms with Gasteiger partial charge in [0.25, 0.3) is 0 Å². The Kier molecular flexibility index (Phi) is 6.70. The monoisotopic (exact) mass is 279 g/mol. The zero-order chi connectivity index (χ0) is 15.0. The van der Waals surface area contributed by atoms with E-state index in [0.717, 1.165) is 36.6 Å². The quantitative estimate of drug-likeness (QED) is 0.612. The zero-order valence-corrected chi connectivity index (χ0v) is 12.8. The van der Waals surface area contributed by atoms with Gasteiger partial charge in [0, 0.05) is 19.6 Å². The van der Waals surface area contributed by atoms with E-state index >= 15 is 0 Å². The van der Waals surface area contributed by atoms with Crippen LogP contribution >= 0.6 is 0 Å². The van der Waals surface area contributed by atoms with E-state index in [1.807, 2.05) is 23.1 Å². The van der Waals surface area contributed by atoms with Crippen molar-refractivity contribution in [2.75, 3.05) is 33.9 Å². The maximum atomic E-state index is 5.94. The fourth-order valence-electron chi connectivity index (χ4n) is 1.98. The maximum absolute atomic E-state index is 5.94. The molecule has 0 fully saturated rings. The number of ether oxygens (including phenoxy) is 2. The van der Waals surface area contributed by atoms with Crippen molar-refractivity contribution in [3.05, 3.63) is 23.8 Å². The number of hydrogen-bond donors (Lipinski definition) is 1. The summed E-state index contributed by atoms with van der Waals surface area (Å²) >= 11 is 0. The molecule has 0 aliphatic carbocycles. The van der Waals surface area contributed by atoms with Gasteiger partial charge in [-0.15, -0.1) is 0 Å². The van der Waals surface area contributed by atoms with Crippen LogP contribution in [0.25, 0.3) is 0 Å². The molecule has 0 spiro atoms. The van der Waals surface area contributed by atoms with Crippen LogP contribution in [-0.2, 0) is 6.42 Å². The van der Waals surface area contributed by atoms with E-state index in [0.29, 0.717) is 12.5 Å².